The van der Waals surface area contributed by atoms with Gasteiger partial charge < -0.3 is 24.1 Å². The van der Waals surface area contributed by atoms with Gasteiger partial charge in [0.25, 0.3) is 0 Å². The van der Waals surface area contributed by atoms with E-state index in [0.29, 0.717) is 36.6 Å². The number of hydrogen-bond donors (Lipinski definition) is 1. The summed E-state index contributed by atoms with van der Waals surface area (Å²) in [6.45, 7) is 11.6. The lowest BCUT2D eigenvalue weighted by atomic mass is 9.86. The number of nitrogens with zero attached hydrogens (tertiary/aromatic N) is 1. The first-order valence-corrected chi connectivity index (χ1v) is 17.7. The van der Waals surface area contributed by atoms with Gasteiger partial charge in [0.15, 0.2) is 0 Å². The Hall–Kier alpha value is -4.52. The zero-order chi connectivity index (χ0) is 35.1. The Kier molecular flexibility index (Phi) is 11.5. The molecule has 1 aromatic heterocycles. The minimum absolute atomic E-state index is 0.0124. The van der Waals surface area contributed by atoms with Crippen molar-refractivity contribution < 1.29 is 23.8 Å². The molecular weight excluding hydrogens is 612 g/mol. The third-order valence-corrected chi connectivity index (χ3v) is 9.49. The van der Waals surface area contributed by atoms with Crippen molar-refractivity contribution in [3.63, 3.8) is 0 Å². The number of nitrogens with one attached hydrogen (secondary N) is 1. The summed E-state index contributed by atoms with van der Waals surface area (Å²) in [7, 11) is 3.08. The SMILES string of the molecule is CCCCC(CC)CNc1ccc2c(C3C(CCC(=O)OC)=Cc4ccccc43)cn(Cc3ccc(C(=O)OC(C)(C)C)cc3OC)c2c1. The van der Waals surface area contributed by atoms with E-state index in [1.54, 1.807) is 13.2 Å². The molecule has 0 spiro atoms. The molecule has 2 unspecified atom stereocenters. The standard InChI is InChI=1S/C42H52N2O5/c1-8-10-13-28(9-2)25-43-33-19-20-35-36(40-30(18-21-39(45)48-7)22-29-14-11-12-15-34(29)40)27-44(37(35)24-33)26-32-17-16-31(23-38(32)47-6)41(46)49-42(3,4)5/h11-12,14-17,19-20,22-24,27-28,40,43H,8-10,13,18,21,25-26H2,1-7H3. The van der Waals surface area contributed by atoms with E-state index in [4.69, 9.17) is 14.2 Å². The summed E-state index contributed by atoms with van der Waals surface area (Å²) in [5.74, 6) is 0.687. The molecule has 0 saturated carbocycles. The van der Waals surface area contributed by atoms with Gasteiger partial charge in [-0.15, -0.1) is 0 Å². The number of esters is 2. The number of carbonyl (C=O) groups is 2. The summed E-state index contributed by atoms with van der Waals surface area (Å²) in [6, 6.07) is 20.7. The Morgan fingerprint density at radius 1 is 0.980 bits per heavy atom. The highest BCUT2D eigenvalue weighted by Gasteiger charge is 2.30. The molecule has 0 saturated heterocycles. The maximum Gasteiger partial charge on any atom is 0.338 e. The second-order valence-electron chi connectivity index (χ2n) is 14.1. The zero-order valence-corrected chi connectivity index (χ0v) is 30.2. The molecule has 0 bridgehead atoms. The van der Waals surface area contributed by atoms with E-state index in [-0.39, 0.29) is 17.9 Å². The van der Waals surface area contributed by atoms with Gasteiger partial charge in [-0.3, -0.25) is 4.79 Å². The van der Waals surface area contributed by atoms with Crippen LogP contribution in [0.15, 0.2) is 72.4 Å². The minimum atomic E-state index is -0.592. The number of carbonyl (C=O) groups excluding carboxylic acids is 2. The molecule has 0 aliphatic heterocycles. The Morgan fingerprint density at radius 2 is 1.78 bits per heavy atom. The first-order valence-electron chi connectivity index (χ1n) is 17.7. The molecule has 2 atom stereocenters. The molecule has 7 nitrogen and oxygen atoms in total. The van der Waals surface area contributed by atoms with Gasteiger partial charge in [0.2, 0.25) is 0 Å². The number of aromatic nitrogens is 1. The molecule has 260 valence electrons. The number of allylic oxidation sites excluding steroid dienone is 1. The van der Waals surface area contributed by atoms with Crippen molar-refractivity contribution in [2.45, 2.75) is 91.2 Å². The fourth-order valence-electron chi connectivity index (χ4n) is 6.84. The van der Waals surface area contributed by atoms with Crippen LogP contribution in [0.4, 0.5) is 5.69 Å². The Bertz CT molecular complexity index is 1810. The average molecular weight is 665 g/mol. The molecule has 0 radical (unpaired) electrons. The number of ether oxygens (including phenoxy) is 3. The Balaban J connectivity index is 1.56. The molecule has 1 aliphatic carbocycles. The molecule has 7 heteroatoms. The lowest BCUT2D eigenvalue weighted by molar-refractivity contribution is -0.140. The third-order valence-electron chi connectivity index (χ3n) is 9.49. The summed E-state index contributed by atoms with van der Waals surface area (Å²) < 4.78 is 18.7. The van der Waals surface area contributed by atoms with Crippen LogP contribution in [0.25, 0.3) is 17.0 Å². The van der Waals surface area contributed by atoms with Gasteiger partial charge in [0, 0.05) is 41.7 Å². The van der Waals surface area contributed by atoms with Gasteiger partial charge in [-0.05, 0) is 80.5 Å². The molecule has 49 heavy (non-hydrogen) atoms. The second kappa shape index (κ2) is 15.8. The number of unbranched alkanes of at least 4 members (excludes halogenated alkanes) is 1. The summed E-state index contributed by atoms with van der Waals surface area (Å²) in [5.41, 5.74) is 7.84. The molecule has 1 aliphatic rings. The van der Waals surface area contributed by atoms with E-state index in [9.17, 15) is 9.59 Å². The first-order chi connectivity index (χ1) is 23.5. The van der Waals surface area contributed by atoms with E-state index >= 15 is 0 Å². The van der Waals surface area contributed by atoms with Crippen LogP contribution in [0.3, 0.4) is 0 Å². The third kappa shape index (κ3) is 8.56. The van der Waals surface area contributed by atoms with Crippen molar-refractivity contribution in [2.24, 2.45) is 5.92 Å². The van der Waals surface area contributed by atoms with Crippen LogP contribution >= 0.6 is 0 Å². The van der Waals surface area contributed by atoms with E-state index in [0.717, 1.165) is 29.7 Å². The molecule has 1 heterocycles. The number of hydrogen-bond acceptors (Lipinski definition) is 6. The minimum Gasteiger partial charge on any atom is -0.496 e. The maximum atomic E-state index is 12.9. The van der Waals surface area contributed by atoms with Crippen LogP contribution < -0.4 is 10.1 Å². The summed E-state index contributed by atoms with van der Waals surface area (Å²) in [5, 5.41) is 4.90. The average Bonchev–Trinajstić information content (AvgIpc) is 3.63. The summed E-state index contributed by atoms with van der Waals surface area (Å²) >= 11 is 0. The monoisotopic (exact) mass is 664 g/mol. The van der Waals surface area contributed by atoms with Crippen molar-refractivity contribution >= 4 is 34.6 Å². The van der Waals surface area contributed by atoms with Gasteiger partial charge in [-0.25, -0.2) is 4.79 Å². The van der Waals surface area contributed by atoms with Gasteiger partial charge in [-0.2, -0.15) is 0 Å². The highest BCUT2D eigenvalue weighted by Crippen LogP contribution is 2.46. The van der Waals surface area contributed by atoms with Crippen LogP contribution in [-0.4, -0.2) is 42.9 Å². The lowest BCUT2D eigenvalue weighted by Crippen LogP contribution is -2.23. The van der Waals surface area contributed by atoms with Gasteiger partial charge in [-0.1, -0.05) is 81.2 Å². The molecule has 4 aromatic rings. The Morgan fingerprint density at radius 3 is 2.49 bits per heavy atom. The van der Waals surface area contributed by atoms with E-state index < -0.39 is 5.60 Å². The molecule has 3 aromatic carbocycles. The maximum absolute atomic E-state index is 12.9. The van der Waals surface area contributed by atoms with Gasteiger partial charge in [0.05, 0.1) is 31.8 Å². The summed E-state index contributed by atoms with van der Waals surface area (Å²) in [6.07, 6.45) is 10.3. The van der Waals surface area contributed by atoms with Crippen LogP contribution in [0.1, 0.15) is 112 Å². The normalized spacial score (nSPS) is 14.7. The van der Waals surface area contributed by atoms with E-state index in [1.807, 2.05) is 32.9 Å². The van der Waals surface area contributed by atoms with Crippen molar-refractivity contribution in [2.75, 3.05) is 26.1 Å². The number of benzene rings is 3. The fourth-order valence-corrected chi connectivity index (χ4v) is 6.84. The number of fused-ring (bicyclic) bond motifs is 2. The number of anilines is 1. The largest absolute Gasteiger partial charge is 0.496 e. The van der Waals surface area contributed by atoms with Gasteiger partial charge in [0.1, 0.15) is 11.4 Å². The van der Waals surface area contributed by atoms with Crippen molar-refractivity contribution in [1.29, 1.82) is 0 Å². The molecule has 0 amide bonds. The van der Waals surface area contributed by atoms with Gasteiger partial charge >= 0.3 is 11.9 Å². The molecular formula is C42H52N2O5. The predicted molar refractivity (Wildman–Crippen MR) is 199 cm³/mol. The molecule has 5 rings (SSSR count). The topological polar surface area (TPSA) is 78.8 Å². The van der Waals surface area contributed by atoms with E-state index in [1.165, 1.54) is 54.0 Å². The van der Waals surface area contributed by atoms with E-state index in [2.05, 4.69) is 78.5 Å². The first kappa shape index (κ1) is 35.8. The van der Waals surface area contributed by atoms with Crippen LogP contribution in [0, 0.1) is 5.92 Å². The highest BCUT2D eigenvalue weighted by molar-refractivity contribution is 5.91. The number of rotatable bonds is 15. The molecule has 1 N–H and O–H groups in total. The van der Waals surface area contributed by atoms with Crippen molar-refractivity contribution in [3.05, 3.63) is 100 Å². The Labute approximate surface area is 291 Å². The molecule has 0 fully saturated rings. The fraction of sp³-hybridized carbons (Fsp3) is 0.429. The lowest BCUT2D eigenvalue weighted by Gasteiger charge is -2.20. The predicted octanol–water partition coefficient (Wildman–Crippen LogP) is 9.76. The van der Waals surface area contributed by atoms with Crippen molar-refractivity contribution in [3.8, 4) is 5.75 Å². The highest BCUT2D eigenvalue weighted by atomic mass is 16.6. The van der Waals surface area contributed by atoms with Crippen LogP contribution in [0.2, 0.25) is 0 Å². The van der Waals surface area contributed by atoms with Crippen LogP contribution in [0.5, 0.6) is 5.75 Å². The van der Waals surface area contributed by atoms with Crippen LogP contribution in [-0.2, 0) is 20.8 Å². The second-order valence-corrected chi connectivity index (χ2v) is 14.1. The van der Waals surface area contributed by atoms with Crippen molar-refractivity contribution in [1.82, 2.24) is 4.57 Å². The summed E-state index contributed by atoms with van der Waals surface area (Å²) in [4.78, 5) is 25.1. The smallest absolute Gasteiger partial charge is 0.338 e. The zero-order valence-electron chi connectivity index (χ0n) is 30.2. The quantitative estimate of drug-likeness (QED) is 0.128. The number of methoxy groups -OCH3 is 2.